The molecule has 0 amide bonds. The van der Waals surface area contributed by atoms with Gasteiger partial charge >= 0.3 is 6.61 Å². The Morgan fingerprint density at radius 1 is 1.30 bits per heavy atom. The zero-order valence-electron chi connectivity index (χ0n) is 13.3. The number of thioether (sulfide) groups is 1. The van der Waals surface area contributed by atoms with Crippen molar-refractivity contribution in [2.24, 2.45) is 4.99 Å². The molecule has 9 heteroatoms. The summed E-state index contributed by atoms with van der Waals surface area (Å²) in [6.45, 7) is -1.66. The summed E-state index contributed by atoms with van der Waals surface area (Å²) in [7, 11) is 3.08. The molecule has 0 aliphatic heterocycles. The average molecular weight is 461 g/mol. The fraction of sp³-hybridized carbons (Fsp3) is 0.500. The fourth-order valence-electron chi connectivity index (χ4n) is 1.70. The molecule has 0 unspecified atom stereocenters. The molecule has 132 valence electrons. The number of hydrogen-bond donors (Lipinski definition) is 2. The molecule has 0 atom stereocenters. The smallest absolute Gasteiger partial charge is 0.387 e. The van der Waals surface area contributed by atoms with Crippen LogP contribution in [0.3, 0.4) is 0 Å². The zero-order valence-corrected chi connectivity index (χ0v) is 16.4. The van der Waals surface area contributed by atoms with E-state index in [-0.39, 0.29) is 35.5 Å². The van der Waals surface area contributed by atoms with Crippen LogP contribution in [-0.2, 0) is 6.54 Å². The van der Waals surface area contributed by atoms with Crippen LogP contribution in [0.2, 0.25) is 0 Å². The summed E-state index contributed by atoms with van der Waals surface area (Å²) in [4.78, 5) is 4.09. The van der Waals surface area contributed by atoms with Gasteiger partial charge in [0.2, 0.25) is 0 Å². The van der Waals surface area contributed by atoms with Gasteiger partial charge in [-0.3, -0.25) is 4.99 Å². The second-order valence-corrected chi connectivity index (χ2v) is 5.19. The quantitative estimate of drug-likeness (QED) is 0.270. The van der Waals surface area contributed by atoms with E-state index in [1.165, 1.54) is 13.2 Å². The first-order chi connectivity index (χ1) is 10.6. The first-order valence-corrected chi connectivity index (χ1v) is 8.05. The van der Waals surface area contributed by atoms with E-state index in [1.807, 2.05) is 6.26 Å². The normalized spacial score (nSPS) is 11.0. The van der Waals surface area contributed by atoms with Crippen molar-refractivity contribution in [1.29, 1.82) is 0 Å². The Labute approximate surface area is 156 Å². The Morgan fingerprint density at radius 3 is 2.61 bits per heavy atom. The van der Waals surface area contributed by atoms with Gasteiger partial charge in [-0.25, -0.2) is 0 Å². The van der Waals surface area contributed by atoms with Crippen molar-refractivity contribution in [3.8, 4) is 11.5 Å². The molecule has 23 heavy (non-hydrogen) atoms. The molecule has 0 aromatic heterocycles. The van der Waals surface area contributed by atoms with Gasteiger partial charge in [0.15, 0.2) is 17.5 Å². The average Bonchev–Trinajstić information content (AvgIpc) is 2.50. The largest absolute Gasteiger partial charge is 0.493 e. The third kappa shape index (κ3) is 8.45. The Morgan fingerprint density at radius 2 is 2.04 bits per heavy atom. The number of nitrogens with zero attached hydrogens (tertiary/aromatic N) is 1. The number of methoxy groups -OCH3 is 1. The molecular formula is C14H22F2IN3O2S. The van der Waals surface area contributed by atoms with Gasteiger partial charge in [-0.15, -0.1) is 24.0 Å². The first-order valence-electron chi connectivity index (χ1n) is 6.66. The summed E-state index contributed by atoms with van der Waals surface area (Å²) in [5.74, 6) is 1.91. The lowest BCUT2D eigenvalue weighted by atomic mass is 10.2. The standard InChI is InChI=1S/C14H21F2N3O2S.HI/c1-17-14(18-6-7-22-3)19-9-10-4-5-11(20-2)12(8-10)21-13(15)16;/h4-5,8,13H,6-7,9H2,1-3H3,(H2,17,18,19);1H. The molecule has 0 heterocycles. The number of ether oxygens (including phenoxy) is 2. The molecule has 0 bridgehead atoms. The highest BCUT2D eigenvalue weighted by atomic mass is 127. The second-order valence-electron chi connectivity index (χ2n) is 4.21. The van der Waals surface area contributed by atoms with Crippen molar-refractivity contribution in [1.82, 2.24) is 10.6 Å². The number of nitrogens with one attached hydrogen (secondary N) is 2. The van der Waals surface area contributed by atoms with Crippen LogP contribution in [0.15, 0.2) is 23.2 Å². The van der Waals surface area contributed by atoms with Gasteiger partial charge in [0.25, 0.3) is 0 Å². The van der Waals surface area contributed by atoms with Gasteiger partial charge in [0, 0.05) is 25.9 Å². The molecule has 1 aromatic rings. The molecule has 1 aromatic carbocycles. The van der Waals surface area contributed by atoms with Crippen LogP contribution in [-0.4, -0.2) is 45.3 Å². The molecule has 0 radical (unpaired) electrons. The Kier molecular flexibility index (Phi) is 11.9. The molecule has 5 nitrogen and oxygen atoms in total. The molecular weight excluding hydrogens is 439 g/mol. The summed E-state index contributed by atoms with van der Waals surface area (Å²) < 4.78 is 34.2. The van der Waals surface area contributed by atoms with Gasteiger partial charge in [0.05, 0.1) is 7.11 Å². The predicted molar refractivity (Wildman–Crippen MR) is 102 cm³/mol. The summed E-state index contributed by atoms with van der Waals surface area (Å²) in [5, 5.41) is 6.26. The van der Waals surface area contributed by atoms with Crippen LogP contribution in [0.5, 0.6) is 11.5 Å². The SMILES string of the molecule is CN=C(NCCSC)NCc1ccc(OC)c(OC(F)F)c1.I. The summed E-state index contributed by atoms with van der Waals surface area (Å²) in [6.07, 6.45) is 2.03. The van der Waals surface area contributed by atoms with Crippen molar-refractivity contribution < 1.29 is 18.3 Å². The van der Waals surface area contributed by atoms with Crippen LogP contribution in [0.25, 0.3) is 0 Å². The van der Waals surface area contributed by atoms with Gasteiger partial charge in [-0.2, -0.15) is 20.5 Å². The van der Waals surface area contributed by atoms with Crippen LogP contribution >= 0.6 is 35.7 Å². The highest BCUT2D eigenvalue weighted by molar-refractivity contribution is 14.0. The van der Waals surface area contributed by atoms with Crippen LogP contribution < -0.4 is 20.1 Å². The predicted octanol–water partition coefficient (Wildman–Crippen LogP) is 2.94. The molecule has 2 N–H and O–H groups in total. The van der Waals surface area contributed by atoms with E-state index in [0.717, 1.165) is 17.9 Å². The summed E-state index contributed by atoms with van der Waals surface area (Å²) in [5.41, 5.74) is 0.782. The number of alkyl halides is 2. The number of benzene rings is 1. The highest BCUT2D eigenvalue weighted by Gasteiger charge is 2.11. The number of hydrogen-bond acceptors (Lipinski definition) is 4. The fourth-order valence-corrected chi connectivity index (χ4v) is 2.00. The minimum Gasteiger partial charge on any atom is -0.493 e. The van der Waals surface area contributed by atoms with E-state index in [2.05, 4.69) is 20.4 Å². The number of rotatable bonds is 8. The van der Waals surface area contributed by atoms with Crippen LogP contribution in [0.4, 0.5) is 8.78 Å². The van der Waals surface area contributed by atoms with Crippen molar-refractivity contribution in [3.05, 3.63) is 23.8 Å². The Bertz CT molecular complexity index is 493. The lowest BCUT2D eigenvalue weighted by Gasteiger charge is -2.14. The molecule has 0 spiro atoms. The first kappa shape index (κ1) is 22.0. The maximum Gasteiger partial charge on any atom is 0.387 e. The van der Waals surface area contributed by atoms with E-state index >= 15 is 0 Å². The number of halogens is 3. The van der Waals surface area contributed by atoms with E-state index in [0.29, 0.717) is 12.5 Å². The van der Waals surface area contributed by atoms with Gasteiger partial charge in [-0.1, -0.05) is 6.07 Å². The molecule has 0 saturated heterocycles. The molecule has 0 fully saturated rings. The van der Waals surface area contributed by atoms with Crippen LogP contribution in [0.1, 0.15) is 5.56 Å². The Hall–Kier alpha value is -0.970. The van der Waals surface area contributed by atoms with Crippen molar-refractivity contribution in [3.63, 3.8) is 0 Å². The molecule has 0 aliphatic carbocycles. The number of guanidine groups is 1. The van der Waals surface area contributed by atoms with E-state index in [4.69, 9.17) is 4.74 Å². The monoisotopic (exact) mass is 461 g/mol. The lowest BCUT2D eigenvalue weighted by Crippen LogP contribution is -2.37. The lowest BCUT2D eigenvalue weighted by molar-refractivity contribution is -0.0512. The van der Waals surface area contributed by atoms with Gasteiger partial charge in [0.1, 0.15) is 0 Å². The van der Waals surface area contributed by atoms with Crippen molar-refractivity contribution >= 4 is 41.7 Å². The van der Waals surface area contributed by atoms with Crippen molar-refractivity contribution in [2.45, 2.75) is 13.2 Å². The van der Waals surface area contributed by atoms with E-state index in [1.54, 1.807) is 30.9 Å². The molecule has 0 saturated carbocycles. The minimum atomic E-state index is -2.89. The highest BCUT2D eigenvalue weighted by Crippen LogP contribution is 2.29. The molecule has 0 aliphatic rings. The maximum atomic E-state index is 12.4. The van der Waals surface area contributed by atoms with Crippen LogP contribution in [0, 0.1) is 0 Å². The molecule has 1 rings (SSSR count). The Balaban J connectivity index is 0.00000484. The van der Waals surface area contributed by atoms with Crippen molar-refractivity contribution in [2.75, 3.05) is 32.7 Å². The van der Waals surface area contributed by atoms with Gasteiger partial charge in [-0.05, 0) is 24.0 Å². The number of aliphatic imine (C=N–C) groups is 1. The van der Waals surface area contributed by atoms with E-state index in [9.17, 15) is 8.78 Å². The maximum absolute atomic E-state index is 12.4. The second kappa shape index (κ2) is 12.5. The van der Waals surface area contributed by atoms with Gasteiger partial charge < -0.3 is 20.1 Å². The minimum absolute atomic E-state index is 0. The zero-order chi connectivity index (χ0) is 16.4. The summed E-state index contributed by atoms with van der Waals surface area (Å²) in [6, 6.07) is 4.89. The third-order valence-electron chi connectivity index (χ3n) is 2.73. The van der Waals surface area contributed by atoms with E-state index < -0.39 is 6.61 Å². The summed E-state index contributed by atoms with van der Waals surface area (Å²) >= 11 is 1.73. The third-order valence-corrected chi connectivity index (χ3v) is 3.34. The topological polar surface area (TPSA) is 54.9 Å².